The lowest BCUT2D eigenvalue weighted by Gasteiger charge is -2.29. The van der Waals surface area contributed by atoms with Crippen molar-refractivity contribution in [2.45, 2.75) is 46.2 Å². The average molecular weight is 569 g/mol. The van der Waals surface area contributed by atoms with Crippen LogP contribution in [0.25, 0.3) is 0 Å². The van der Waals surface area contributed by atoms with Crippen LogP contribution in [0.3, 0.4) is 0 Å². The maximum Gasteiger partial charge on any atom is 0.350 e. The summed E-state index contributed by atoms with van der Waals surface area (Å²) in [4.78, 5) is 29.5. The number of aromatic nitrogens is 3. The van der Waals surface area contributed by atoms with Crippen LogP contribution < -0.4 is 24.8 Å². The van der Waals surface area contributed by atoms with Crippen LogP contribution in [0.2, 0.25) is 0 Å². The van der Waals surface area contributed by atoms with E-state index >= 15 is 0 Å². The van der Waals surface area contributed by atoms with Gasteiger partial charge in [0.1, 0.15) is 10.7 Å². The number of carbonyl (C=O) groups is 1. The second-order valence-corrected chi connectivity index (χ2v) is 10.9. The molecule has 2 aliphatic rings. The molecular weight excluding hydrogens is 532 g/mol. The lowest BCUT2D eigenvalue weighted by Crippen LogP contribution is -2.33. The maximum absolute atomic E-state index is 12.3. The summed E-state index contributed by atoms with van der Waals surface area (Å²) in [6, 6.07) is 3.85. The molecule has 1 saturated carbocycles. The van der Waals surface area contributed by atoms with E-state index in [2.05, 4.69) is 20.5 Å². The molecule has 1 aromatic carbocycles. The number of anilines is 3. The Labute approximate surface area is 238 Å². The van der Waals surface area contributed by atoms with Crippen molar-refractivity contribution in [1.82, 2.24) is 19.9 Å². The summed E-state index contributed by atoms with van der Waals surface area (Å²) in [7, 11) is 4.80. The van der Waals surface area contributed by atoms with E-state index in [1.54, 1.807) is 35.2 Å². The number of rotatable bonds is 12. The van der Waals surface area contributed by atoms with Crippen LogP contribution in [0.15, 0.2) is 12.1 Å². The molecule has 3 aromatic rings. The zero-order valence-corrected chi connectivity index (χ0v) is 24.4. The van der Waals surface area contributed by atoms with Gasteiger partial charge in [0.25, 0.3) is 0 Å². The molecule has 40 heavy (non-hydrogen) atoms. The molecule has 0 spiro atoms. The maximum atomic E-state index is 12.3. The molecule has 0 atom stereocenters. The summed E-state index contributed by atoms with van der Waals surface area (Å²) in [6.07, 6.45) is 3.47. The summed E-state index contributed by atoms with van der Waals surface area (Å²) in [5.74, 6) is 3.37. The van der Waals surface area contributed by atoms with Crippen molar-refractivity contribution in [3.05, 3.63) is 39.5 Å². The van der Waals surface area contributed by atoms with Gasteiger partial charge in [0, 0.05) is 38.2 Å². The molecule has 5 rings (SSSR count). The minimum Gasteiger partial charge on any atom is -0.493 e. The summed E-state index contributed by atoms with van der Waals surface area (Å²) < 4.78 is 21.7. The lowest BCUT2D eigenvalue weighted by atomic mass is 10.1. The Morgan fingerprint density at radius 1 is 1.10 bits per heavy atom. The largest absolute Gasteiger partial charge is 0.493 e. The van der Waals surface area contributed by atoms with Crippen LogP contribution in [-0.4, -0.2) is 66.8 Å². The van der Waals surface area contributed by atoms with E-state index in [0.29, 0.717) is 52.1 Å². The third kappa shape index (κ3) is 6.23. The Bertz CT molecular complexity index is 1350. The Balaban J connectivity index is 1.42. The molecule has 3 heterocycles. The molecule has 11 nitrogen and oxygen atoms in total. The van der Waals surface area contributed by atoms with E-state index < -0.39 is 0 Å². The van der Waals surface area contributed by atoms with Gasteiger partial charge in [0.05, 0.1) is 39.3 Å². The number of carbonyl (C=O) groups excluding carboxylic acids is 1. The molecule has 12 heteroatoms. The predicted molar refractivity (Wildman–Crippen MR) is 153 cm³/mol. The number of thiazole rings is 1. The fourth-order valence-electron chi connectivity index (χ4n) is 4.85. The minimum absolute atomic E-state index is 0.311. The zero-order valence-electron chi connectivity index (χ0n) is 23.6. The van der Waals surface area contributed by atoms with Crippen molar-refractivity contribution in [2.24, 2.45) is 5.92 Å². The SMILES string of the molecule is CCOC(=O)c1sc(Nc2nc3c(c(NCc4cc(OC)c(OC)c(OC)c4)n2)CN(CC2CC2)CC3)nc1C. The third-order valence-corrected chi connectivity index (χ3v) is 8.07. The summed E-state index contributed by atoms with van der Waals surface area (Å²) in [5.41, 5.74) is 3.68. The topological polar surface area (TPSA) is 120 Å². The number of hydrogen-bond acceptors (Lipinski definition) is 12. The average Bonchev–Trinajstić information content (AvgIpc) is 3.70. The first-order valence-electron chi connectivity index (χ1n) is 13.5. The highest BCUT2D eigenvalue weighted by Crippen LogP contribution is 2.39. The molecule has 0 bridgehead atoms. The first-order valence-corrected chi connectivity index (χ1v) is 14.3. The van der Waals surface area contributed by atoms with E-state index in [-0.39, 0.29) is 5.97 Å². The Kier molecular flexibility index (Phi) is 8.55. The van der Waals surface area contributed by atoms with Gasteiger partial charge < -0.3 is 24.3 Å². The first kappa shape index (κ1) is 27.9. The van der Waals surface area contributed by atoms with Gasteiger partial charge in [-0.25, -0.2) is 14.8 Å². The highest BCUT2D eigenvalue weighted by Gasteiger charge is 2.29. The van der Waals surface area contributed by atoms with Crippen LogP contribution in [0, 0.1) is 12.8 Å². The van der Waals surface area contributed by atoms with Crippen molar-refractivity contribution < 1.29 is 23.7 Å². The molecule has 2 aromatic heterocycles. The van der Waals surface area contributed by atoms with E-state index in [4.69, 9.17) is 28.9 Å². The second-order valence-electron chi connectivity index (χ2n) is 9.92. The van der Waals surface area contributed by atoms with Crippen LogP contribution in [0.4, 0.5) is 16.9 Å². The zero-order chi connectivity index (χ0) is 28.2. The molecule has 1 aliphatic heterocycles. The number of methoxy groups -OCH3 is 3. The molecule has 0 saturated heterocycles. The summed E-state index contributed by atoms with van der Waals surface area (Å²) >= 11 is 1.24. The van der Waals surface area contributed by atoms with Gasteiger partial charge in [-0.2, -0.15) is 4.98 Å². The van der Waals surface area contributed by atoms with Crippen molar-refractivity contribution >= 4 is 34.2 Å². The summed E-state index contributed by atoms with van der Waals surface area (Å²) in [6.45, 7) is 7.26. The Morgan fingerprint density at radius 3 is 2.50 bits per heavy atom. The van der Waals surface area contributed by atoms with Crippen LogP contribution in [0.5, 0.6) is 17.2 Å². The van der Waals surface area contributed by atoms with Gasteiger partial charge >= 0.3 is 5.97 Å². The van der Waals surface area contributed by atoms with Gasteiger partial charge in [-0.15, -0.1) is 0 Å². The number of hydrogen-bond donors (Lipinski definition) is 2. The van der Waals surface area contributed by atoms with Gasteiger partial charge in [-0.05, 0) is 50.3 Å². The molecule has 1 fully saturated rings. The van der Waals surface area contributed by atoms with E-state index in [1.165, 1.54) is 24.2 Å². The number of benzene rings is 1. The number of esters is 1. The molecule has 214 valence electrons. The molecular formula is C28H36N6O5S. The quantitative estimate of drug-likeness (QED) is 0.299. The standard InChI is InChI=1S/C28H36N6O5S/c1-6-39-26(35)24-16(2)30-28(40-24)33-27-31-20-9-10-34(14-17-7-8-17)15-19(20)25(32-27)29-13-18-11-21(36-3)23(38-5)22(12-18)37-4/h11-12,17H,6-10,13-15H2,1-5H3,(H2,29,30,31,32,33). The summed E-state index contributed by atoms with van der Waals surface area (Å²) in [5, 5.41) is 7.30. The monoisotopic (exact) mass is 568 g/mol. The number of ether oxygens (including phenoxy) is 4. The number of nitrogens with one attached hydrogen (secondary N) is 2. The van der Waals surface area contributed by atoms with Crippen LogP contribution >= 0.6 is 11.3 Å². The highest BCUT2D eigenvalue weighted by molar-refractivity contribution is 7.17. The van der Waals surface area contributed by atoms with Crippen molar-refractivity contribution in [3.63, 3.8) is 0 Å². The van der Waals surface area contributed by atoms with Gasteiger partial charge in [-0.3, -0.25) is 10.2 Å². The van der Waals surface area contributed by atoms with Crippen molar-refractivity contribution in [3.8, 4) is 17.2 Å². The van der Waals surface area contributed by atoms with Crippen molar-refractivity contribution in [2.75, 3.05) is 51.7 Å². The smallest absolute Gasteiger partial charge is 0.350 e. The van der Waals surface area contributed by atoms with Crippen LogP contribution in [0.1, 0.15) is 52.0 Å². The fourth-order valence-corrected chi connectivity index (χ4v) is 5.70. The number of nitrogens with zero attached hydrogens (tertiary/aromatic N) is 4. The number of fused-ring (bicyclic) bond motifs is 1. The lowest BCUT2D eigenvalue weighted by molar-refractivity contribution is 0.0531. The van der Waals surface area contributed by atoms with E-state index in [1.807, 2.05) is 12.1 Å². The molecule has 2 N–H and O–H groups in total. The van der Waals surface area contributed by atoms with Crippen LogP contribution in [-0.2, 0) is 24.2 Å². The minimum atomic E-state index is -0.375. The van der Waals surface area contributed by atoms with Gasteiger partial charge in [-0.1, -0.05) is 11.3 Å². The van der Waals surface area contributed by atoms with E-state index in [0.717, 1.165) is 54.6 Å². The number of aryl methyl sites for hydroxylation is 1. The molecule has 0 amide bonds. The fraction of sp³-hybridized carbons (Fsp3) is 0.500. The van der Waals surface area contributed by atoms with Gasteiger partial charge in [0.15, 0.2) is 16.6 Å². The highest BCUT2D eigenvalue weighted by atomic mass is 32.1. The van der Waals surface area contributed by atoms with E-state index in [9.17, 15) is 4.79 Å². The third-order valence-electron chi connectivity index (χ3n) is 7.01. The Hall–Kier alpha value is -3.64. The van der Waals surface area contributed by atoms with Crippen molar-refractivity contribution in [1.29, 1.82) is 0 Å². The normalized spacial score (nSPS) is 14.8. The molecule has 1 aliphatic carbocycles. The van der Waals surface area contributed by atoms with Gasteiger partial charge in [0.2, 0.25) is 11.7 Å². The predicted octanol–water partition coefficient (Wildman–Crippen LogP) is 4.57. The second kappa shape index (κ2) is 12.3. The molecule has 0 unspecified atom stereocenters. The Morgan fingerprint density at radius 2 is 1.85 bits per heavy atom. The first-order chi connectivity index (χ1) is 19.4. The molecule has 0 radical (unpaired) electrons.